The van der Waals surface area contributed by atoms with E-state index in [4.69, 9.17) is 16.3 Å². The van der Waals surface area contributed by atoms with Gasteiger partial charge in [-0.25, -0.2) is 4.79 Å². The fourth-order valence-corrected chi connectivity index (χ4v) is 4.67. The summed E-state index contributed by atoms with van der Waals surface area (Å²) in [6.07, 6.45) is 4.17. The SMILES string of the molecule is COc1cc(C)c(Cl)cc1NC(=O)CN1C(=O)N(CC(=O)NC2CCCC2)Cc2ccccc21. The number of fused-ring (bicyclic) bond motifs is 1. The summed E-state index contributed by atoms with van der Waals surface area (Å²) in [5.41, 5.74) is 2.78. The zero-order valence-corrected chi connectivity index (χ0v) is 20.2. The number of hydrogen-bond donors (Lipinski definition) is 2. The molecule has 0 spiro atoms. The molecule has 0 saturated heterocycles. The summed E-state index contributed by atoms with van der Waals surface area (Å²) in [7, 11) is 1.51. The summed E-state index contributed by atoms with van der Waals surface area (Å²) >= 11 is 6.22. The maximum absolute atomic E-state index is 13.3. The lowest BCUT2D eigenvalue weighted by molar-refractivity contribution is -0.122. The quantitative estimate of drug-likeness (QED) is 0.619. The Morgan fingerprint density at radius 1 is 1.12 bits per heavy atom. The fourth-order valence-electron chi connectivity index (χ4n) is 4.50. The largest absolute Gasteiger partial charge is 0.495 e. The molecule has 0 unspecified atom stereocenters. The number of para-hydroxylation sites is 1. The van der Waals surface area contributed by atoms with Crippen LogP contribution in [0.3, 0.4) is 0 Å². The average molecular weight is 485 g/mol. The normalized spacial score (nSPS) is 15.8. The summed E-state index contributed by atoms with van der Waals surface area (Å²) in [5, 5.41) is 6.31. The first-order chi connectivity index (χ1) is 16.4. The van der Waals surface area contributed by atoms with Gasteiger partial charge in [0.05, 0.1) is 25.0 Å². The topological polar surface area (TPSA) is 91.0 Å². The van der Waals surface area contributed by atoms with Gasteiger partial charge in [0.2, 0.25) is 11.8 Å². The van der Waals surface area contributed by atoms with Crippen molar-refractivity contribution >= 4 is 40.8 Å². The molecule has 0 radical (unpaired) electrons. The van der Waals surface area contributed by atoms with E-state index in [1.807, 2.05) is 25.1 Å². The third-order valence-electron chi connectivity index (χ3n) is 6.26. The highest BCUT2D eigenvalue weighted by Gasteiger charge is 2.33. The van der Waals surface area contributed by atoms with Crippen LogP contribution >= 0.6 is 11.6 Å². The second-order valence-corrected chi connectivity index (χ2v) is 9.16. The average Bonchev–Trinajstić information content (AvgIpc) is 3.31. The molecule has 0 aromatic heterocycles. The molecule has 4 rings (SSSR count). The van der Waals surface area contributed by atoms with E-state index in [1.54, 1.807) is 18.2 Å². The minimum Gasteiger partial charge on any atom is -0.495 e. The number of halogens is 1. The van der Waals surface area contributed by atoms with Crippen LogP contribution in [0.1, 0.15) is 36.8 Å². The second kappa shape index (κ2) is 10.3. The summed E-state index contributed by atoms with van der Waals surface area (Å²) < 4.78 is 5.36. The summed E-state index contributed by atoms with van der Waals surface area (Å²) in [4.78, 5) is 41.7. The van der Waals surface area contributed by atoms with Crippen molar-refractivity contribution in [1.82, 2.24) is 10.2 Å². The van der Waals surface area contributed by atoms with E-state index in [1.165, 1.54) is 16.9 Å². The molecule has 2 N–H and O–H groups in total. The van der Waals surface area contributed by atoms with Crippen molar-refractivity contribution in [2.45, 2.75) is 45.2 Å². The van der Waals surface area contributed by atoms with Gasteiger partial charge in [-0.1, -0.05) is 42.6 Å². The number of nitrogens with zero attached hydrogens (tertiary/aromatic N) is 2. The lowest BCUT2D eigenvalue weighted by Crippen LogP contribution is -2.52. The number of anilines is 2. The number of carbonyl (C=O) groups is 3. The maximum Gasteiger partial charge on any atom is 0.325 e. The monoisotopic (exact) mass is 484 g/mol. The van der Waals surface area contributed by atoms with Crippen molar-refractivity contribution < 1.29 is 19.1 Å². The highest BCUT2D eigenvalue weighted by molar-refractivity contribution is 6.31. The smallest absolute Gasteiger partial charge is 0.325 e. The maximum atomic E-state index is 13.3. The van der Waals surface area contributed by atoms with Crippen LogP contribution in [-0.2, 0) is 16.1 Å². The molecule has 0 atom stereocenters. The van der Waals surface area contributed by atoms with E-state index in [-0.39, 0.29) is 31.1 Å². The number of ether oxygens (including phenoxy) is 1. The van der Waals surface area contributed by atoms with Crippen LogP contribution in [0.2, 0.25) is 5.02 Å². The Bertz CT molecular complexity index is 1100. The predicted molar refractivity (Wildman–Crippen MR) is 131 cm³/mol. The molecule has 180 valence electrons. The van der Waals surface area contributed by atoms with Gasteiger partial charge < -0.3 is 20.3 Å². The molecule has 1 aliphatic heterocycles. The Kier molecular flexibility index (Phi) is 7.26. The second-order valence-electron chi connectivity index (χ2n) is 8.75. The molecular weight excluding hydrogens is 456 g/mol. The van der Waals surface area contributed by atoms with Crippen LogP contribution in [-0.4, -0.2) is 49.0 Å². The lowest BCUT2D eigenvalue weighted by atomic mass is 10.1. The van der Waals surface area contributed by atoms with Crippen molar-refractivity contribution in [1.29, 1.82) is 0 Å². The lowest BCUT2D eigenvalue weighted by Gasteiger charge is -2.36. The molecule has 2 aromatic rings. The first-order valence-electron chi connectivity index (χ1n) is 11.4. The number of carbonyl (C=O) groups excluding carboxylic acids is 3. The van der Waals surface area contributed by atoms with Crippen LogP contribution in [0.25, 0.3) is 0 Å². The first-order valence-corrected chi connectivity index (χ1v) is 11.8. The van der Waals surface area contributed by atoms with Gasteiger partial charge in [0.25, 0.3) is 0 Å². The van der Waals surface area contributed by atoms with Crippen LogP contribution in [0, 0.1) is 6.92 Å². The Hall–Kier alpha value is -3.26. The third-order valence-corrected chi connectivity index (χ3v) is 6.66. The highest BCUT2D eigenvalue weighted by atomic mass is 35.5. The van der Waals surface area contributed by atoms with Crippen LogP contribution in [0.15, 0.2) is 36.4 Å². The molecule has 1 heterocycles. The van der Waals surface area contributed by atoms with Crippen LogP contribution in [0.5, 0.6) is 5.75 Å². The van der Waals surface area contributed by atoms with Crippen molar-refractivity contribution in [3.8, 4) is 5.75 Å². The van der Waals surface area contributed by atoms with Crippen molar-refractivity contribution in [2.24, 2.45) is 0 Å². The van der Waals surface area contributed by atoms with E-state index in [9.17, 15) is 14.4 Å². The zero-order chi connectivity index (χ0) is 24.2. The Morgan fingerprint density at radius 3 is 2.59 bits per heavy atom. The van der Waals surface area contributed by atoms with E-state index in [0.717, 1.165) is 36.8 Å². The fraction of sp³-hybridized carbons (Fsp3) is 0.400. The Labute approximate surface area is 204 Å². The summed E-state index contributed by atoms with van der Waals surface area (Å²) in [6, 6.07) is 10.6. The number of benzene rings is 2. The molecular formula is C25H29ClN4O4. The molecule has 8 nitrogen and oxygen atoms in total. The van der Waals surface area contributed by atoms with Gasteiger partial charge in [-0.3, -0.25) is 14.5 Å². The predicted octanol–water partition coefficient (Wildman–Crippen LogP) is 4.10. The van der Waals surface area contributed by atoms with E-state index in [0.29, 0.717) is 28.7 Å². The zero-order valence-electron chi connectivity index (χ0n) is 19.4. The molecule has 9 heteroatoms. The molecule has 1 aliphatic carbocycles. The summed E-state index contributed by atoms with van der Waals surface area (Å²) in [6.45, 7) is 1.89. The molecule has 2 aromatic carbocycles. The van der Waals surface area contributed by atoms with Crippen molar-refractivity contribution in [3.63, 3.8) is 0 Å². The Morgan fingerprint density at radius 2 is 1.85 bits per heavy atom. The van der Waals surface area contributed by atoms with E-state index < -0.39 is 5.91 Å². The number of urea groups is 1. The standard InChI is InChI=1S/C25H29ClN4O4/c1-16-11-22(34-2)20(12-19(16)26)28-24(32)15-30-21-10-6-3-7-17(21)13-29(25(30)33)14-23(31)27-18-8-4-5-9-18/h3,6-7,10-12,18H,4-5,8-9,13-15H2,1-2H3,(H,27,31)(H,28,32). The molecule has 1 fully saturated rings. The number of aryl methyl sites for hydroxylation is 1. The van der Waals surface area contributed by atoms with Crippen molar-refractivity contribution in [2.75, 3.05) is 30.4 Å². The number of methoxy groups -OCH3 is 1. The highest BCUT2D eigenvalue weighted by Crippen LogP contribution is 2.32. The molecule has 2 aliphatic rings. The van der Waals surface area contributed by atoms with Gasteiger partial charge in [0.1, 0.15) is 18.8 Å². The van der Waals surface area contributed by atoms with Gasteiger partial charge in [0, 0.05) is 11.1 Å². The van der Waals surface area contributed by atoms with Gasteiger partial charge in [-0.05, 0) is 49.1 Å². The van der Waals surface area contributed by atoms with Gasteiger partial charge in [-0.2, -0.15) is 0 Å². The van der Waals surface area contributed by atoms with Crippen LogP contribution < -0.4 is 20.3 Å². The minimum atomic E-state index is -0.404. The molecule has 34 heavy (non-hydrogen) atoms. The van der Waals surface area contributed by atoms with Gasteiger partial charge in [-0.15, -0.1) is 0 Å². The van der Waals surface area contributed by atoms with E-state index >= 15 is 0 Å². The number of hydrogen-bond acceptors (Lipinski definition) is 4. The minimum absolute atomic E-state index is 0.0524. The van der Waals surface area contributed by atoms with Crippen molar-refractivity contribution in [3.05, 3.63) is 52.5 Å². The first kappa shape index (κ1) is 23.9. The number of amides is 4. The van der Waals surface area contributed by atoms with E-state index in [2.05, 4.69) is 10.6 Å². The molecule has 0 bridgehead atoms. The number of nitrogens with one attached hydrogen (secondary N) is 2. The summed E-state index contributed by atoms with van der Waals surface area (Å²) in [5.74, 6) is -0.104. The molecule has 1 saturated carbocycles. The van der Waals surface area contributed by atoms with Gasteiger partial charge in [0.15, 0.2) is 0 Å². The van der Waals surface area contributed by atoms with Crippen LogP contribution in [0.4, 0.5) is 16.2 Å². The third kappa shape index (κ3) is 5.28. The van der Waals surface area contributed by atoms with Gasteiger partial charge >= 0.3 is 6.03 Å². The Balaban J connectivity index is 1.49. The number of rotatable bonds is 7. The molecule has 4 amide bonds.